The average molecular weight is 355 g/mol. The average Bonchev–Trinajstić information content (AvgIpc) is 3.07. The van der Waals surface area contributed by atoms with Gasteiger partial charge in [0.2, 0.25) is 5.91 Å². The third-order valence-electron chi connectivity index (χ3n) is 4.18. The molecule has 4 nitrogen and oxygen atoms in total. The van der Waals surface area contributed by atoms with Crippen LogP contribution in [0.1, 0.15) is 29.4 Å². The van der Waals surface area contributed by atoms with E-state index < -0.39 is 17.7 Å². The standard InChI is InChI=1S/C20H19F2N3O/c1-25-12-11-23-20(25)19(15-8-9-16(21)17(22)13-15)24-18(26)10-7-14-5-3-2-4-6-14/h2-6,8-9,11-13,19H,7,10H2,1H3,(H,24,26)/t19-/m0/s1. The van der Waals surface area contributed by atoms with E-state index in [1.54, 1.807) is 24.0 Å². The van der Waals surface area contributed by atoms with E-state index in [9.17, 15) is 13.6 Å². The van der Waals surface area contributed by atoms with Gasteiger partial charge >= 0.3 is 0 Å². The summed E-state index contributed by atoms with van der Waals surface area (Å²) in [6.07, 6.45) is 4.21. The molecule has 26 heavy (non-hydrogen) atoms. The van der Waals surface area contributed by atoms with E-state index in [1.807, 2.05) is 30.3 Å². The Morgan fingerprint density at radius 2 is 1.92 bits per heavy atom. The fourth-order valence-electron chi connectivity index (χ4n) is 2.78. The molecule has 1 amide bonds. The number of nitrogens with one attached hydrogen (secondary N) is 1. The SMILES string of the molecule is Cn1ccnc1[C@@H](NC(=O)CCc1ccccc1)c1ccc(F)c(F)c1. The van der Waals surface area contributed by atoms with E-state index >= 15 is 0 Å². The molecule has 3 aromatic rings. The molecule has 0 radical (unpaired) electrons. The van der Waals surface area contributed by atoms with Gasteiger partial charge in [0.15, 0.2) is 11.6 Å². The highest BCUT2D eigenvalue weighted by Gasteiger charge is 2.22. The van der Waals surface area contributed by atoms with Crippen molar-refractivity contribution in [3.05, 3.63) is 89.5 Å². The summed E-state index contributed by atoms with van der Waals surface area (Å²) in [6.45, 7) is 0. The highest BCUT2D eigenvalue weighted by atomic mass is 19.2. The van der Waals surface area contributed by atoms with Crippen LogP contribution in [0.2, 0.25) is 0 Å². The molecule has 0 saturated carbocycles. The van der Waals surface area contributed by atoms with Crippen molar-refractivity contribution in [3.8, 4) is 0 Å². The molecule has 0 saturated heterocycles. The minimum Gasteiger partial charge on any atom is -0.342 e. The van der Waals surface area contributed by atoms with Gasteiger partial charge in [-0.25, -0.2) is 13.8 Å². The lowest BCUT2D eigenvalue weighted by atomic mass is 10.0. The molecule has 1 heterocycles. The maximum absolute atomic E-state index is 13.7. The van der Waals surface area contributed by atoms with Crippen LogP contribution in [0.15, 0.2) is 60.9 Å². The van der Waals surface area contributed by atoms with Crippen molar-refractivity contribution in [1.29, 1.82) is 0 Å². The summed E-state index contributed by atoms with van der Waals surface area (Å²) in [4.78, 5) is 16.7. The van der Waals surface area contributed by atoms with E-state index in [0.717, 1.165) is 17.7 Å². The number of benzene rings is 2. The lowest BCUT2D eigenvalue weighted by Crippen LogP contribution is -2.31. The normalized spacial score (nSPS) is 12.0. The summed E-state index contributed by atoms with van der Waals surface area (Å²) in [7, 11) is 1.78. The number of hydrogen-bond acceptors (Lipinski definition) is 2. The molecule has 0 aliphatic rings. The van der Waals surface area contributed by atoms with Gasteiger partial charge in [0.05, 0.1) is 0 Å². The summed E-state index contributed by atoms with van der Waals surface area (Å²) in [5.41, 5.74) is 1.50. The second kappa shape index (κ2) is 7.91. The molecule has 2 aromatic carbocycles. The van der Waals surface area contributed by atoms with Gasteiger partial charge in [-0.15, -0.1) is 0 Å². The lowest BCUT2D eigenvalue weighted by molar-refractivity contribution is -0.121. The van der Waals surface area contributed by atoms with Gasteiger partial charge in [0.25, 0.3) is 0 Å². The predicted octanol–water partition coefficient (Wildman–Crippen LogP) is 3.54. The van der Waals surface area contributed by atoms with Crippen LogP contribution in [0, 0.1) is 11.6 Å². The van der Waals surface area contributed by atoms with Gasteiger partial charge in [0, 0.05) is 25.9 Å². The van der Waals surface area contributed by atoms with Crippen molar-refractivity contribution < 1.29 is 13.6 Å². The zero-order chi connectivity index (χ0) is 18.5. The van der Waals surface area contributed by atoms with Crippen LogP contribution >= 0.6 is 0 Å². The third kappa shape index (κ3) is 4.14. The molecule has 6 heteroatoms. The number of halogens is 2. The van der Waals surface area contributed by atoms with E-state index in [1.165, 1.54) is 6.07 Å². The monoisotopic (exact) mass is 355 g/mol. The van der Waals surface area contributed by atoms with E-state index in [2.05, 4.69) is 10.3 Å². The van der Waals surface area contributed by atoms with Crippen LogP contribution in [-0.4, -0.2) is 15.5 Å². The Labute approximate surface area is 150 Å². The molecular weight excluding hydrogens is 336 g/mol. The summed E-state index contributed by atoms with van der Waals surface area (Å²) >= 11 is 0. The number of carbonyl (C=O) groups is 1. The molecule has 3 rings (SSSR count). The van der Waals surface area contributed by atoms with Crippen molar-refractivity contribution >= 4 is 5.91 Å². The Kier molecular flexibility index (Phi) is 5.41. The highest BCUT2D eigenvalue weighted by molar-refractivity contribution is 5.77. The number of rotatable bonds is 6. The van der Waals surface area contributed by atoms with Crippen LogP contribution < -0.4 is 5.32 Å². The van der Waals surface area contributed by atoms with Crippen molar-refractivity contribution in [1.82, 2.24) is 14.9 Å². The molecule has 134 valence electrons. The molecule has 0 bridgehead atoms. The first-order valence-corrected chi connectivity index (χ1v) is 8.30. The first-order chi connectivity index (χ1) is 12.5. The van der Waals surface area contributed by atoms with Crippen molar-refractivity contribution in [2.75, 3.05) is 0 Å². The number of carbonyl (C=O) groups excluding carboxylic acids is 1. The smallest absolute Gasteiger partial charge is 0.221 e. The molecule has 0 spiro atoms. The Balaban J connectivity index is 1.78. The van der Waals surface area contributed by atoms with E-state index in [4.69, 9.17) is 0 Å². The third-order valence-corrected chi connectivity index (χ3v) is 4.18. The van der Waals surface area contributed by atoms with Gasteiger partial charge in [-0.05, 0) is 29.7 Å². The maximum Gasteiger partial charge on any atom is 0.221 e. The topological polar surface area (TPSA) is 46.9 Å². The van der Waals surface area contributed by atoms with Crippen molar-refractivity contribution in [2.24, 2.45) is 7.05 Å². The summed E-state index contributed by atoms with van der Waals surface area (Å²) in [6, 6.07) is 12.6. The van der Waals surface area contributed by atoms with E-state index in [0.29, 0.717) is 17.8 Å². The Morgan fingerprint density at radius 3 is 2.58 bits per heavy atom. The summed E-state index contributed by atoms with van der Waals surface area (Å²) < 4.78 is 28.7. The van der Waals surface area contributed by atoms with Gasteiger partial charge in [-0.3, -0.25) is 4.79 Å². The molecule has 0 unspecified atom stereocenters. The van der Waals surface area contributed by atoms with Crippen LogP contribution in [0.25, 0.3) is 0 Å². The second-order valence-corrected chi connectivity index (χ2v) is 6.06. The number of aryl methyl sites for hydroxylation is 2. The van der Waals surface area contributed by atoms with Crippen molar-refractivity contribution in [2.45, 2.75) is 18.9 Å². The molecule has 1 aromatic heterocycles. The zero-order valence-corrected chi connectivity index (χ0v) is 14.3. The largest absolute Gasteiger partial charge is 0.342 e. The fraction of sp³-hybridized carbons (Fsp3) is 0.200. The Hall–Kier alpha value is -3.02. The quantitative estimate of drug-likeness (QED) is 0.735. The van der Waals surface area contributed by atoms with Gasteiger partial charge in [0.1, 0.15) is 11.9 Å². The molecule has 0 fully saturated rings. The minimum absolute atomic E-state index is 0.188. The molecule has 0 aliphatic carbocycles. The first-order valence-electron chi connectivity index (χ1n) is 8.30. The number of nitrogens with zero attached hydrogens (tertiary/aromatic N) is 2. The Bertz CT molecular complexity index is 893. The van der Waals surface area contributed by atoms with Gasteiger partial charge in [-0.1, -0.05) is 36.4 Å². The number of aromatic nitrogens is 2. The highest BCUT2D eigenvalue weighted by Crippen LogP contribution is 2.22. The molecular formula is C20H19F2N3O. The van der Waals surface area contributed by atoms with Gasteiger partial charge in [-0.2, -0.15) is 0 Å². The van der Waals surface area contributed by atoms with Crippen molar-refractivity contribution in [3.63, 3.8) is 0 Å². The van der Waals surface area contributed by atoms with Crippen LogP contribution in [0.4, 0.5) is 8.78 Å². The summed E-state index contributed by atoms with van der Waals surface area (Å²) in [5, 5.41) is 2.88. The number of imidazole rings is 1. The van der Waals surface area contributed by atoms with Crippen LogP contribution in [0.5, 0.6) is 0 Å². The van der Waals surface area contributed by atoms with Gasteiger partial charge < -0.3 is 9.88 Å². The van der Waals surface area contributed by atoms with Crippen LogP contribution in [-0.2, 0) is 18.3 Å². The molecule has 1 N–H and O–H groups in total. The molecule has 0 aliphatic heterocycles. The summed E-state index contributed by atoms with van der Waals surface area (Å²) in [5.74, 6) is -1.53. The Morgan fingerprint density at radius 1 is 1.15 bits per heavy atom. The predicted molar refractivity (Wildman–Crippen MR) is 94.3 cm³/mol. The number of amides is 1. The minimum atomic E-state index is -0.958. The second-order valence-electron chi connectivity index (χ2n) is 6.06. The first kappa shape index (κ1) is 17.8. The number of hydrogen-bond donors (Lipinski definition) is 1. The van der Waals surface area contributed by atoms with E-state index in [-0.39, 0.29) is 12.3 Å². The zero-order valence-electron chi connectivity index (χ0n) is 14.3. The maximum atomic E-state index is 13.7. The molecule has 1 atom stereocenters. The van der Waals surface area contributed by atoms with Crippen LogP contribution in [0.3, 0.4) is 0 Å². The lowest BCUT2D eigenvalue weighted by Gasteiger charge is -2.19. The fourth-order valence-corrected chi connectivity index (χ4v) is 2.78.